The summed E-state index contributed by atoms with van der Waals surface area (Å²) in [4.78, 5) is 11.2. The van der Waals surface area contributed by atoms with E-state index in [2.05, 4.69) is 5.32 Å². The molecule has 0 aromatic rings. The lowest BCUT2D eigenvalue weighted by Crippen LogP contribution is -2.45. The number of nitrogens with one attached hydrogen (secondary N) is 1. The van der Waals surface area contributed by atoms with Gasteiger partial charge in [-0.15, -0.1) is 0 Å². The minimum absolute atomic E-state index is 0.210. The molecule has 0 saturated carbocycles. The van der Waals surface area contributed by atoms with Gasteiger partial charge in [-0.2, -0.15) is 0 Å². The van der Waals surface area contributed by atoms with Crippen molar-refractivity contribution in [1.29, 1.82) is 0 Å². The lowest BCUT2D eigenvalue weighted by Gasteiger charge is -2.18. The number of aliphatic hydroxyl groups excluding tert-OH is 1. The number of ether oxygens (including phenoxy) is 1. The van der Waals surface area contributed by atoms with Gasteiger partial charge >= 0.3 is 5.97 Å². The number of hydrogen-bond donors (Lipinski definition) is 2. The van der Waals surface area contributed by atoms with Gasteiger partial charge in [0.05, 0.1) is 13.2 Å². The molecule has 2 unspecified atom stereocenters. The maximum absolute atomic E-state index is 11.2. The predicted molar refractivity (Wildman–Crippen MR) is 50.4 cm³/mol. The summed E-state index contributed by atoms with van der Waals surface area (Å²) >= 11 is 0. The molecule has 78 valence electrons. The summed E-state index contributed by atoms with van der Waals surface area (Å²) in [5, 5.41) is 11.9. The first kappa shape index (κ1) is 12.4. The molecule has 13 heavy (non-hydrogen) atoms. The summed E-state index contributed by atoms with van der Waals surface area (Å²) in [6.07, 6.45) is 0.913. The summed E-state index contributed by atoms with van der Waals surface area (Å²) < 4.78 is 4.78. The van der Waals surface area contributed by atoms with E-state index in [1.165, 1.54) is 0 Å². The molecule has 0 aromatic heterocycles. The minimum atomic E-state index is -0.588. The third-order valence-electron chi connectivity index (χ3n) is 1.85. The molecule has 0 rings (SSSR count). The molecule has 0 spiro atoms. The van der Waals surface area contributed by atoms with E-state index in [1.807, 2.05) is 13.8 Å². The molecule has 4 heteroatoms. The van der Waals surface area contributed by atoms with Gasteiger partial charge in [0.25, 0.3) is 0 Å². The average molecular weight is 189 g/mol. The Morgan fingerprint density at radius 2 is 2.15 bits per heavy atom. The second-order valence-corrected chi connectivity index (χ2v) is 2.96. The largest absolute Gasteiger partial charge is 0.465 e. The third-order valence-corrected chi connectivity index (χ3v) is 1.85. The van der Waals surface area contributed by atoms with E-state index in [0.717, 1.165) is 6.42 Å². The van der Waals surface area contributed by atoms with Crippen molar-refractivity contribution in [2.24, 2.45) is 0 Å². The molecule has 4 nitrogen and oxygen atoms in total. The maximum atomic E-state index is 11.2. The number of carbonyl (C=O) groups excluding carboxylic acids is 1. The van der Waals surface area contributed by atoms with Crippen LogP contribution in [0.25, 0.3) is 0 Å². The Balaban J connectivity index is 3.94. The molecule has 0 aliphatic rings. The molecule has 0 aromatic carbocycles. The topological polar surface area (TPSA) is 58.6 Å². The first-order valence-corrected chi connectivity index (χ1v) is 4.69. The number of carbonyl (C=O) groups is 1. The van der Waals surface area contributed by atoms with Crippen molar-refractivity contribution in [3.05, 3.63) is 0 Å². The van der Waals surface area contributed by atoms with Gasteiger partial charge in [0.15, 0.2) is 0 Å². The van der Waals surface area contributed by atoms with Crippen LogP contribution < -0.4 is 5.32 Å². The number of hydrogen-bond acceptors (Lipinski definition) is 4. The van der Waals surface area contributed by atoms with Crippen LogP contribution in [0, 0.1) is 0 Å². The maximum Gasteiger partial charge on any atom is 0.325 e. The van der Waals surface area contributed by atoms with Crippen LogP contribution in [0.5, 0.6) is 0 Å². The van der Waals surface area contributed by atoms with Crippen LogP contribution >= 0.6 is 0 Å². The normalized spacial score (nSPS) is 15.1. The van der Waals surface area contributed by atoms with Gasteiger partial charge < -0.3 is 9.84 Å². The quantitative estimate of drug-likeness (QED) is 0.590. The molecule has 0 radical (unpaired) electrons. The molecule has 0 bridgehead atoms. The van der Waals surface area contributed by atoms with Crippen LogP contribution in [0.15, 0.2) is 0 Å². The van der Waals surface area contributed by atoms with Gasteiger partial charge in [-0.25, -0.2) is 0 Å². The van der Waals surface area contributed by atoms with Crippen molar-refractivity contribution in [2.75, 3.05) is 13.2 Å². The Morgan fingerprint density at radius 1 is 1.54 bits per heavy atom. The van der Waals surface area contributed by atoms with Crippen LogP contribution in [0.4, 0.5) is 0 Å². The second kappa shape index (κ2) is 6.86. The Kier molecular flexibility index (Phi) is 6.54. The molecule has 0 saturated heterocycles. The summed E-state index contributed by atoms with van der Waals surface area (Å²) in [6.45, 7) is 5.84. The lowest BCUT2D eigenvalue weighted by molar-refractivity contribution is -0.146. The zero-order valence-electron chi connectivity index (χ0n) is 8.54. The summed E-state index contributed by atoms with van der Waals surface area (Å²) in [7, 11) is 0. The third kappa shape index (κ3) is 4.85. The Labute approximate surface area is 79.3 Å². The summed E-state index contributed by atoms with van der Waals surface area (Å²) in [6, 6.07) is -0.378. The molecule has 2 atom stereocenters. The SMILES string of the molecule is CCOC(=O)C(CO)NC(C)CC. The van der Waals surface area contributed by atoms with Crippen LogP contribution in [-0.2, 0) is 9.53 Å². The highest BCUT2D eigenvalue weighted by Crippen LogP contribution is 1.94. The monoisotopic (exact) mass is 189 g/mol. The molecule has 0 amide bonds. The molecular weight excluding hydrogens is 170 g/mol. The van der Waals surface area contributed by atoms with Crippen molar-refractivity contribution < 1.29 is 14.6 Å². The zero-order valence-corrected chi connectivity index (χ0v) is 8.54. The fourth-order valence-corrected chi connectivity index (χ4v) is 0.899. The zero-order chi connectivity index (χ0) is 10.3. The smallest absolute Gasteiger partial charge is 0.325 e. The van der Waals surface area contributed by atoms with Crippen LogP contribution in [0.3, 0.4) is 0 Å². The molecular formula is C9H19NO3. The fourth-order valence-electron chi connectivity index (χ4n) is 0.899. The Bertz CT molecular complexity index is 150. The van der Waals surface area contributed by atoms with Gasteiger partial charge in [-0.05, 0) is 20.3 Å². The van der Waals surface area contributed by atoms with Crippen molar-refractivity contribution in [2.45, 2.75) is 39.3 Å². The first-order chi connectivity index (χ1) is 6.15. The van der Waals surface area contributed by atoms with Crippen molar-refractivity contribution in [3.63, 3.8) is 0 Å². The van der Waals surface area contributed by atoms with E-state index in [4.69, 9.17) is 9.84 Å². The van der Waals surface area contributed by atoms with Gasteiger partial charge in [0.1, 0.15) is 6.04 Å². The average Bonchev–Trinajstić information content (AvgIpc) is 2.14. The van der Waals surface area contributed by atoms with Crippen LogP contribution in [0.1, 0.15) is 27.2 Å². The Morgan fingerprint density at radius 3 is 2.54 bits per heavy atom. The number of rotatable bonds is 6. The molecule has 0 aliphatic carbocycles. The fraction of sp³-hybridized carbons (Fsp3) is 0.889. The second-order valence-electron chi connectivity index (χ2n) is 2.96. The predicted octanol–water partition coefficient (Wildman–Crippen LogP) is 0.298. The standard InChI is InChI=1S/C9H19NO3/c1-4-7(3)10-8(6-11)9(12)13-5-2/h7-8,10-11H,4-6H2,1-3H3. The molecule has 0 heterocycles. The van der Waals surface area contributed by atoms with E-state index in [9.17, 15) is 4.79 Å². The number of esters is 1. The van der Waals surface area contributed by atoms with Crippen molar-refractivity contribution in [3.8, 4) is 0 Å². The van der Waals surface area contributed by atoms with Crippen molar-refractivity contribution in [1.82, 2.24) is 5.32 Å². The highest BCUT2D eigenvalue weighted by Gasteiger charge is 2.19. The summed E-state index contributed by atoms with van der Waals surface area (Å²) in [5.41, 5.74) is 0. The number of aliphatic hydroxyl groups is 1. The van der Waals surface area contributed by atoms with Crippen molar-refractivity contribution >= 4 is 5.97 Å². The van der Waals surface area contributed by atoms with Gasteiger partial charge in [0, 0.05) is 6.04 Å². The van der Waals surface area contributed by atoms with E-state index in [-0.39, 0.29) is 18.6 Å². The van der Waals surface area contributed by atoms with Gasteiger partial charge in [-0.1, -0.05) is 6.92 Å². The molecule has 2 N–H and O–H groups in total. The summed E-state index contributed by atoms with van der Waals surface area (Å²) in [5.74, 6) is -0.384. The van der Waals surface area contributed by atoms with Gasteiger partial charge in [0.2, 0.25) is 0 Å². The Hall–Kier alpha value is -0.610. The molecule has 0 fully saturated rings. The minimum Gasteiger partial charge on any atom is -0.465 e. The molecule has 0 aliphatic heterocycles. The van der Waals surface area contributed by atoms with Crippen LogP contribution in [0.2, 0.25) is 0 Å². The highest BCUT2D eigenvalue weighted by atomic mass is 16.5. The van der Waals surface area contributed by atoms with E-state index in [0.29, 0.717) is 6.61 Å². The van der Waals surface area contributed by atoms with Crippen LogP contribution in [-0.4, -0.2) is 36.4 Å². The highest BCUT2D eigenvalue weighted by molar-refractivity contribution is 5.75. The first-order valence-electron chi connectivity index (χ1n) is 4.69. The van der Waals surface area contributed by atoms with E-state index >= 15 is 0 Å². The van der Waals surface area contributed by atoms with Gasteiger partial charge in [-0.3, -0.25) is 10.1 Å². The lowest BCUT2D eigenvalue weighted by atomic mass is 10.2. The van der Waals surface area contributed by atoms with E-state index < -0.39 is 6.04 Å². The van der Waals surface area contributed by atoms with E-state index in [1.54, 1.807) is 6.92 Å².